The zero-order valence-electron chi connectivity index (χ0n) is 31.4. The van der Waals surface area contributed by atoms with Gasteiger partial charge in [-0.3, -0.25) is 0 Å². The smallest absolute Gasteiger partial charge is 0.0689 e. The molecule has 1 unspecified atom stereocenters. The Morgan fingerprint density at radius 2 is 1.05 bits per heavy atom. The summed E-state index contributed by atoms with van der Waals surface area (Å²) >= 11 is 0. The van der Waals surface area contributed by atoms with Crippen LogP contribution in [0.1, 0.15) is 35.1 Å². The van der Waals surface area contributed by atoms with E-state index in [1.165, 1.54) is 83.1 Å². The Morgan fingerprint density at radius 1 is 0.439 bits per heavy atom. The number of hydrogen-bond donors (Lipinski definition) is 0. The third-order valence-corrected chi connectivity index (χ3v) is 12.7. The van der Waals surface area contributed by atoms with Crippen LogP contribution in [0.25, 0.3) is 55.3 Å². The first-order valence-electron chi connectivity index (χ1n) is 20.1. The maximum absolute atomic E-state index is 2.50. The molecule has 0 N–H and O–H groups in total. The second kappa shape index (κ2) is 12.4. The van der Waals surface area contributed by atoms with E-state index in [0.29, 0.717) is 0 Å². The summed E-state index contributed by atoms with van der Waals surface area (Å²) in [4.78, 5) is 2.42. The van der Waals surface area contributed by atoms with Crippen LogP contribution in [0.4, 0.5) is 17.1 Å². The molecule has 0 bridgehead atoms. The zero-order chi connectivity index (χ0) is 37.5. The van der Waals surface area contributed by atoms with E-state index >= 15 is 0 Å². The second-order valence-corrected chi connectivity index (χ2v) is 15.5. The first-order valence-corrected chi connectivity index (χ1v) is 20.1. The highest BCUT2D eigenvalue weighted by atomic mass is 15.1. The largest absolute Gasteiger partial charge is 0.310 e. The molecule has 9 aromatic rings. The van der Waals surface area contributed by atoms with Crippen LogP contribution in [0.3, 0.4) is 0 Å². The maximum Gasteiger partial charge on any atom is 0.0689 e. The number of benzene rings is 8. The molecule has 1 atom stereocenters. The van der Waals surface area contributed by atoms with Crippen molar-refractivity contribution in [1.82, 2.24) is 4.57 Å². The van der Waals surface area contributed by atoms with Crippen LogP contribution in [0, 0.1) is 0 Å². The predicted octanol–water partition coefficient (Wildman–Crippen LogP) is 14.4. The Labute approximate surface area is 332 Å². The number of rotatable bonds is 5. The van der Waals surface area contributed by atoms with Gasteiger partial charge in [-0.25, -0.2) is 0 Å². The van der Waals surface area contributed by atoms with E-state index in [0.717, 1.165) is 29.9 Å². The molecule has 2 nitrogen and oxygen atoms in total. The highest BCUT2D eigenvalue weighted by Gasteiger charge is 2.52. The maximum atomic E-state index is 2.50. The molecule has 8 aromatic carbocycles. The summed E-state index contributed by atoms with van der Waals surface area (Å²) in [6.45, 7) is 0. The van der Waals surface area contributed by atoms with Crippen molar-refractivity contribution < 1.29 is 0 Å². The average Bonchev–Trinajstić information content (AvgIpc) is 3.89. The summed E-state index contributed by atoms with van der Waals surface area (Å²) in [5, 5.41) is 2.52. The van der Waals surface area contributed by atoms with Crippen LogP contribution >= 0.6 is 0 Å². The molecule has 2 heteroatoms. The van der Waals surface area contributed by atoms with Crippen LogP contribution in [-0.4, -0.2) is 4.57 Å². The zero-order valence-corrected chi connectivity index (χ0v) is 31.4. The molecule has 0 aliphatic heterocycles. The molecule has 1 aromatic heterocycles. The summed E-state index contributed by atoms with van der Waals surface area (Å²) < 4.78 is 2.38. The number of fused-ring (bicyclic) bond motifs is 12. The van der Waals surface area contributed by atoms with Crippen molar-refractivity contribution >= 4 is 44.4 Å². The fourth-order valence-electron chi connectivity index (χ4n) is 10.4. The van der Waals surface area contributed by atoms with Gasteiger partial charge in [0.25, 0.3) is 0 Å². The van der Waals surface area contributed by atoms with Gasteiger partial charge < -0.3 is 9.47 Å². The summed E-state index contributed by atoms with van der Waals surface area (Å²) in [5.74, 6) is 0. The minimum atomic E-state index is -0.312. The molecule has 0 fully saturated rings. The predicted molar refractivity (Wildman–Crippen MR) is 238 cm³/mol. The monoisotopic (exact) mass is 726 g/mol. The lowest BCUT2D eigenvalue weighted by Crippen LogP contribution is -2.28. The second-order valence-electron chi connectivity index (χ2n) is 15.5. The van der Waals surface area contributed by atoms with Gasteiger partial charge in [0.1, 0.15) is 0 Å². The van der Waals surface area contributed by atoms with Crippen molar-refractivity contribution in [3.8, 4) is 27.9 Å². The highest BCUT2D eigenvalue weighted by Crippen LogP contribution is 2.64. The fourth-order valence-corrected chi connectivity index (χ4v) is 10.4. The van der Waals surface area contributed by atoms with Crippen LogP contribution in [0.2, 0.25) is 0 Å². The van der Waals surface area contributed by atoms with E-state index in [1.54, 1.807) is 0 Å². The van der Waals surface area contributed by atoms with Crippen LogP contribution in [-0.2, 0) is 5.41 Å². The van der Waals surface area contributed by atoms with Crippen LogP contribution in [0.5, 0.6) is 0 Å². The SMILES string of the molecule is C1=CC2=C(CC1)C1(c3ccccc32)c2ccccc2-c2ccc(N(c3ccccc3)c3ccc(-c4ccc5c(c4)c4ccccc4n5-c4ccccc4)cc3)cc21. The van der Waals surface area contributed by atoms with Crippen molar-refractivity contribution in [2.24, 2.45) is 0 Å². The molecule has 1 heterocycles. The number of allylic oxidation sites excluding steroid dienone is 4. The topological polar surface area (TPSA) is 8.17 Å². The molecular weight excluding hydrogens is 689 g/mol. The molecule has 1 spiro atoms. The van der Waals surface area contributed by atoms with E-state index in [1.807, 2.05) is 0 Å². The minimum Gasteiger partial charge on any atom is -0.310 e. The van der Waals surface area contributed by atoms with E-state index in [-0.39, 0.29) is 5.41 Å². The van der Waals surface area contributed by atoms with E-state index in [9.17, 15) is 0 Å². The summed E-state index contributed by atoms with van der Waals surface area (Å²) in [7, 11) is 0. The quantitative estimate of drug-likeness (QED) is 0.171. The number of nitrogens with zero attached hydrogens (tertiary/aromatic N) is 2. The Kier molecular flexibility index (Phi) is 7.00. The van der Waals surface area contributed by atoms with Gasteiger partial charge in [0.15, 0.2) is 0 Å². The lowest BCUT2D eigenvalue weighted by molar-refractivity contribution is 0.714. The molecule has 12 rings (SSSR count). The number of anilines is 3. The normalized spacial score (nSPS) is 16.2. The van der Waals surface area contributed by atoms with Crippen molar-refractivity contribution in [2.45, 2.75) is 18.3 Å². The Bertz CT molecular complexity index is 3110. The molecule has 0 saturated carbocycles. The Balaban J connectivity index is 0.998. The first-order chi connectivity index (χ1) is 28.3. The van der Waals surface area contributed by atoms with E-state index in [2.05, 4.69) is 216 Å². The van der Waals surface area contributed by atoms with Gasteiger partial charge >= 0.3 is 0 Å². The molecule has 0 saturated heterocycles. The summed E-state index contributed by atoms with van der Waals surface area (Å²) in [5.41, 5.74) is 20.3. The average molecular weight is 727 g/mol. The van der Waals surface area contributed by atoms with E-state index < -0.39 is 0 Å². The van der Waals surface area contributed by atoms with Crippen molar-refractivity contribution in [3.63, 3.8) is 0 Å². The molecule has 0 radical (unpaired) electrons. The van der Waals surface area contributed by atoms with Crippen molar-refractivity contribution in [1.29, 1.82) is 0 Å². The van der Waals surface area contributed by atoms with Gasteiger partial charge in [-0.15, -0.1) is 0 Å². The summed E-state index contributed by atoms with van der Waals surface area (Å²) in [6, 6.07) is 71.8. The fraction of sp³-hybridized carbons (Fsp3) is 0.0545. The van der Waals surface area contributed by atoms with Gasteiger partial charge in [0.2, 0.25) is 0 Å². The van der Waals surface area contributed by atoms with Gasteiger partial charge in [-0.2, -0.15) is 0 Å². The Morgan fingerprint density at radius 3 is 1.88 bits per heavy atom. The van der Waals surface area contributed by atoms with Crippen LogP contribution in [0.15, 0.2) is 212 Å². The number of para-hydroxylation sites is 3. The first kappa shape index (κ1) is 32.1. The summed E-state index contributed by atoms with van der Waals surface area (Å²) in [6.07, 6.45) is 6.86. The van der Waals surface area contributed by atoms with Crippen molar-refractivity contribution in [3.05, 3.63) is 234 Å². The van der Waals surface area contributed by atoms with Gasteiger partial charge in [0, 0.05) is 33.5 Å². The van der Waals surface area contributed by atoms with Gasteiger partial charge in [-0.05, 0) is 135 Å². The number of hydrogen-bond acceptors (Lipinski definition) is 1. The minimum absolute atomic E-state index is 0.312. The third-order valence-electron chi connectivity index (χ3n) is 12.7. The van der Waals surface area contributed by atoms with Crippen molar-refractivity contribution in [2.75, 3.05) is 4.90 Å². The van der Waals surface area contributed by atoms with Gasteiger partial charge in [0.05, 0.1) is 16.4 Å². The lowest BCUT2D eigenvalue weighted by atomic mass is 9.68. The molecular formula is C55H38N2. The molecule has 57 heavy (non-hydrogen) atoms. The van der Waals surface area contributed by atoms with Crippen LogP contribution < -0.4 is 4.90 Å². The molecule has 3 aliphatic carbocycles. The Hall–Kier alpha value is -7.16. The molecule has 3 aliphatic rings. The third kappa shape index (κ3) is 4.59. The highest BCUT2D eigenvalue weighted by molar-refractivity contribution is 6.10. The molecule has 268 valence electrons. The number of aromatic nitrogens is 1. The standard InChI is InChI=1S/C55H38N2/c1-3-15-39(16-4-1)56(41-30-27-37(28-31-41)38-29-34-54-48(35-38)47-22-10-14-26-53(47)57(54)40-17-5-2-6-18-40)42-32-33-46-45-21-9-13-25-51(45)55(52(46)36-42)49-23-11-7-19-43(49)44-20-8-12-24-50(44)55/h1-11,13-23,25-36H,12,24H2. The molecule has 0 amide bonds. The van der Waals surface area contributed by atoms with Gasteiger partial charge in [-0.1, -0.05) is 140 Å². The van der Waals surface area contributed by atoms with E-state index in [4.69, 9.17) is 0 Å². The lowest BCUT2D eigenvalue weighted by Gasteiger charge is -2.34.